The number of rotatable bonds is 3. The molecule has 1 saturated heterocycles. The standard InChI is InChI=1S/C15H14ClN5/c16-11-3-5-12(6-4-11)18-13-9-15(20-14(10-17)19-13)21-7-1-2-8-21/h3-6,9H,1-2,7-8H2,(H,18,19,20). The lowest BCUT2D eigenvalue weighted by atomic mass is 10.3. The minimum atomic E-state index is 0.177. The normalized spacial score (nSPS) is 14.0. The molecule has 6 heteroatoms. The SMILES string of the molecule is N#Cc1nc(Nc2ccc(Cl)cc2)cc(N2CCCC2)n1. The summed E-state index contributed by atoms with van der Waals surface area (Å²) in [4.78, 5) is 10.7. The van der Waals surface area contributed by atoms with E-state index in [2.05, 4.69) is 20.2 Å². The zero-order chi connectivity index (χ0) is 14.7. The Bertz CT molecular complexity index is 671. The van der Waals surface area contributed by atoms with Crippen LogP contribution in [-0.4, -0.2) is 23.1 Å². The molecule has 1 aliphatic heterocycles. The van der Waals surface area contributed by atoms with Crippen LogP contribution in [0.5, 0.6) is 0 Å². The van der Waals surface area contributed by atoms with E-state index in [9.17, 15) is 0 Å². The molecular formula is C15H14ClN5. The van der Waals surface area contributed by atoms with Gasteiger partial charge in [-0.05, 0) is 37.1 Å². The quantitative estimate of drug-likeness (QED) is 0.941. The van der Waals surface area contributed by atoms with Crippen LogP contribution in [0.15, 0.2) is 30.3 Å². The Morgan fingerprint density at radius 1 is 1.14 bits per heavy atom. The number of nitriles is 1. The Hall–Kier alpha value is -2.32. The lowest BCUT2D eigenvalue weighted by Gasteiger charge is -2.17. The van der Waals surface area contributed by atoms with Crippen molar-refractivity contribution in [1.82, 2.24) is 9.97 Å². The van der Waals surface area contributed by atoms with E-state index in [1.807, 2.05) is 24.3 Å². The lowest BCUT2D eigenvalue weighted by Crippen LogP contribution is -2.19. The fourth-order valence-corrected chi connectivity index (χ4v) is 2.46. The van der Waals surface area contributed by atoms with Crippen LogP contribution >= 0.6 is 11.6 Å². The summed E-state index contributed by atoms with van der Waals surface area (Å²) >= 11 is 5.87. The van der Waals surface area contributed by atoms with Crippen molar-refractivity contribution in [3.8, 4) is 6.07 Å². The molecule has 2 heterocycles. The Labute approximate surface area is 128 Å². The van der Waals surface area contributed by atoms with Gasteiger partial charge in [-0.2, -0.15) is 5.26 Å². The molecule has 0 spiro atoms. The van der Waals surface area contributed by atoms with E-state index in [1.165, 1.54) is 0 Å². The summed E-state index contributed by atoms with van der Waals surface area (Å²) in [5, 5.41) is 13.0. The number of nitrogens with zero attached hydrogens (tertiary/aromatic N) is 4. The van der Waals surface area contributed by atoms with Crippen LogP contribution in [0.1, 0.15) is 18.7 Å². The van der Waals surface area contributed by atoms with Gasteiger partial charge in [0.05, 0.1) is 0 Å². The highest BCUT2D eigenvalue weighted by Gasteiger charge is 2.15. The Balaban J connectivity index is 1.88. The van der Waals surface area contributed by atoms with Crippen LogP contribution in [0.3, 0.4) is 0 Å². The Morgan fingerprint density at radius 3 is 2.52 bits per heavy atom. The van der Waals surface area contributed by atoms with Crippen molar-refractivity contribution >= 4 is 28.9 Å². The minimum Gasteiger partial charge on any atom is -0.356 e. The summed E-state index contributed by atoms with van der Waals surface area (Å²) in [6.45, 7) is 1.95. The van der Waals surface area contributed by atoms with Gasteiger partial charge < -0.3 is 10.2 Å². The number of benzene rings is 1. The van der Waals surface area contributed by atoms with Crippen molar-refractivity contribution in [3.63, 3.8) is 0 Å². The number of nitrogens with one attached hydrogen (secondary N) is 1. The highest BCUT2D eigenvalue weighted by Crippen LogP contribution is 2.23. The van der Waals surface area contributed by atoms with E-state index in [4.69, 9.17) is 16.9 Å². The molecule has 106 valence electrons. The van der Waals surface area contributed by atoms with Gasteiger partial charge in [-0.15, -0.1) is 0 Å². The molecule has 0 amide bonds. The van der Waals surface area contributed by atoms with Gasteiger partial charge >= 0.3 is 0 Å². The zero-order valence-corrected chi connectivity index (χ0v) is 12.1. The van der Waals surface area contributed by atoms with Gasteiger partial charge in [0.15, 0.2) is 0 Å². The second-order valence-electron chi connectivity index (χ2n) is 4.87. The first-order chi connectivity index (χ1) is 10.2. The molecule has 1 aliphatic rings. The molecule has 2 aromatic rings. The predicted octanol–water partition coefficient (Wildman–Crippen LogP) is 3.35. The number of hydrogen-bond acceptors (Lipinski definition) is 5. The van der Waals surface area contributed by atoms with Crippen LogP contribution in [0, 0.1) is 11.3 Å². The second-order valence-corrected chi connectivity index (χ2v) is 5.31. The largest absolute Gasteiger partial charge is 0.356 e. The summed E-state index contributed by atoms with van der Waals surface area (Å²) in [7, 11) is 0. The summed E-state index contributed by atoms with van der Waals surface area (Å²) in [6, 6.07) is 11.2. The molecule has 0 saturated carbocycles. The number of hydrogen-bond donors (Lipinski definition) is 1. The molecule has 21 heavy (non-hydrogen) atoms. The third-order valence-electron chi connectivity index (χ3n) is 3.36. The molecule has 0 atom stereocenters. The van der Waals surface area contributed by atoms with Gasteiger partial charge in [0.1, 0.15) is 17.7 Å². The van der Waals surface area contributed by atoms with Gasteiger partial charge in [-0.3, -0.25) is 0 Å². The summed E-state index contributed by atoms with van der Waals surface area (Å²) in [5.74, 6) is 1.59. The zero-order valence-electron chi connectivity index (χ0n) is 11.4. The Kier molecular flexibility index (Phi) is 3.89. The topological polar surface area (TPSA) is 64.8 Å². The van der Waals surface area contributed by atoms with Crippen LogP contribution in [0.4, 0.5) is 17.3 Å². The fourth-order valence-electron chi connectivity index (χ4n) is 2.34. The second kappa shape index (κ2) is 5.98. The van der Waals surface area contributed by atoms with Gasteiger partial charge in [0, 0.05) is 29.9 Å². The summed E-state index contributed by atoms with van der Waals surface area (Å²) in [5.41, 5.74) is 0.870. The van der Waals surface area contributed by atoms with Crippen LogP contribution < -0.4 is 10.2 Å². The maximum absolute atomic E-state index is 9.09. The maximum Gasteiger partial charge on any atom is 0.236 e. The third-order valence-corrected chi connectivity index (χ3v) is 3.61. The fraction of sp³-hybridized carbons (Fsp3) is 0.267. The first kappa shape index (κ1) is 13.7. The van der Waals surface area contributed by atoms with Crippen molar-refractivity contribution in [3.05, 3.63) is 41.2 Å². The van der Waals surface area contributed by atoms with E-state index >= 15 is 0 Å². The van der Waals surface area contributed by atoms with E-state index < -0.39 is 0 Å². The van der Waals surface area contributed by atoms with Crippen molar-refractivity contribution in [2.24, 2.45) is 0 Å². The van der Waals surface area contributed by atoms with Crippen LogP contribution in [0.25, 0.3) is 0 Å². The molecule has 5 nitrogen and oxygen atoms in total. The molecule has 0 bridgehead atoms. The van der Waals surface area contributed by atoms with Crippen LogP contribution in [-0.2, 0) is 0 Å². The summed E-state index contributed by atoms with van der Waals surface area (Å²) < 4.78 is 0. The van der Waals surface area contributed by atoms with Crippen LogP contribution in [0.2, 0.25) is 5.02 Å². The predicted molar refractivity (Wildman–Crippen MR) is 82.9 cm³/mol. The molecule has 1 fully saturated rings. The van der Waals surface area contributed by atoms with E-state index in [0.29, 0.717) is 10.8 Å². The number of halogens is 1. The molecule has 1 N–H and O–H groups in total. The highest BCUT2D eigenvalue weighted by molar-refractivity contribution is 6.30. The van der Waals surface area contributed by atoms with E-state index in [1.54, 1.807) is 12.1 Å². The monoisotopic (exact) mass is 299 g/mol. The molecule has 0 unspecified atom stereocenters. The molecule has 3 rings (SSSR count). The number of anilines is 3. The molecule has 0 aliphatic carbocycles. The highest BCUT2D eigenvalue weighted by atomic mass is 35.5. The lowest BCUT2D eigenvalue weighted by molar-refractivity contribution is 0.922. The third kappa shape index (κ3) is 3.23. The maximum atomic E-state index is 9.09. The summed E-state index contributed by atoms with van der Waals surface area (Å²) in [6.07, 6.45) is 2.32. The smallest absolute Gasteiger partial charge is 0.236 e. The van der Waals surface area contributed by atoms with Crippen molar-refractivity contribution in [1.29, 1.82) is 5.26 Å². The molecular weight excluding hydrogens is 286 g/mol. The molecule has 0 radical (unpaired) electrons. The van der Waals surface area contributed by atoms with Gasteiger partial charge in [-0.25, -0.2) is 9.97 Å². The Morgan fingerprint density at radius 2 is 1.86 bits per heavy atom. The number of aromatic nitrogens is 2. The molecule has 1 aromatic heterocycles. The average molecular weight is 300 g/mol. The first-order valence-corrected chi connectivity index (χ1v) is 7.19. The first-order valence-electron chi connectivity index (χ1n) is 6.81. The van der Waals surface area contributed by atoms with Gasteiger partial charge in [0.25, 0.3) is 0 Å². The van der Waals surface area contributed by atoms with Gasteiger partial charge in [0.2, 0.25) is 5.82 Å². The van der Waals surface area contributed by atoms with E-state index in [0.717, 1.165) is 37.4 Å². The van der Waals surface area contributed by atoms with Crippen molar-refractivity contribution in [2.75, 3.05) is 23.3 Å². The average Bonchev–Trinajstić information content (AvgIpc) is 3.04. The van der Waals surface area contributed by atoms with Crippen molar-refractivity contribution in [2.45, 2.75) is 12.8 Å². The van der Waals surface area contributed by atoms with E-state index in [-0.39, 0.29) is 5.82 Å². The van der Waals surface area contributed by atoms with Crippen molar-refractivity contribution < 1.29 is 0 Å². The minimum absolute atomic E-state index is 0.177. The molecule has 1 aromatic carbocycles. The van der Waals surface area contributed by atoms with Gasteiger partial charge in [-0.1, -0.05) is 11.6 Å².